The monoisotopic (exact) mass is 764 g/mol. The molecule has 0 fully saturated rings. The van der Waals surface area contributed by atoms with Gasteiger partial charge in [0.2, 0.25) is 0 Å². The number of aliphatic hydroxyl groups is 2. The average Bonchev–Trinajstić information content (AvgIpc) is 3.49. The number of aromatic nitrogens is 1. The number of ether oxygens (including phenoxy) is 1. The number of carbonyl (C=O) groups excluding carboxylic acids is 2. The van der Waals surface area contributed by atoms with Crippen molar-refractivity contribution >= 4 is 17.6 Å². The quantitative estimate of drug-likeness (QED) is 0.0331. The third-order valence-corrected chi connectivity index (χ3v) is 8.71. The van der Waals surface area contributed by atoms with Gasteiger partial charge in [0.25, 0.3) is 16.1 Å². The molecule has 294 valence electrons. The van der Waals surface area contributed by atoms with Crippen LogP contribution in [0.5, 0.6) is 0 Å². The standard InChI is InChI=1S/C39H45FN4O11/c1-26(2)37-36(39(48)41-30-13-7-4-8-14-30)35(27-11-5-3-6-12-27)38(28-16-18-29(40)19-17-28)42(37)21-20-31(45)23-32(46)24-34(47)53-22-10-9-15-33(55-44(51)52)25-54-43(49)50/h3-8,11-14,16-19,26,31-33,45-46H,9-10,15,20-25H2,1-2H3,(H,41,48)/t31-,32-,33-/m1/s1. The van der Waals surface area contributed by atoms with Crippen LogP contribution in [0.25, 0.3) is 22.4 Å². The molecule has 0 saturated carbocycles. The summed E-state index contributed by atoms with van der Waals surface area (Å²) in [5.74, 6) is -1.65. The highest BCUT2D eigenvalue weighted by molar-refractivity contribution is 6.12. The number of nitrogens with zero attached hydrogens (tertiary/aromatic N) is 3. The van der Waals surface area contributed by atoms with Crippen LogP contribution in [0.15, 0.2) is 84.9 Å². The second-order valence-electron chi connectivity index (χ2n) is 13.2. The van der Waals surface area contributed by atoms with Crippen LogP contribution in [0.1, 0.15) is 74.3 Å². The number of aliphatic hydroxyl groups excluding tert-OH is 2. The molecule has 3 aromatic carbocycles. The number of amides is 1. The number of esters is 1. The van der Waals surface area contributed by atoms with Gasteiger partial charge in [0, 0.05) is 23.5 Å². The van der Waals surface area contributed by atoms with Gasteiger partial charge in [-0.05, 0) is 85.5 Å². The maximum Gasteiger partial charge on any atom is 0.308 e. The summed E-state index contributed by atoms with van der Waals surface area (Å²) in [5, 5.41) is 43.6. The van der Waals surface area contributed by atoms with Crippen molar-refractivity contribution in [2.45, 2.75) is 83.1 Å². The lowest BCUT2D eigenvalue weighted by molar-refractivity contribution is -0.790. The fourth-order valence-electron chi connectivity index (χ4n) is 6.35. The third kappa shape index (κ3) is 12.6. The average molecular weight is 765 g/mol. The summed E-state index contributed by atoms with van der Waals surface area (Å²) in [6.07, 6.45) is -3.31. The minimum Gasteiger partial charge on any atom is -0.466 e. The fourth-order valence-corrected chi connectivity index (χ4v) is 6.35. The maximum absolute atomic E-state index is 14.2. The number of carbonyl (C=O) groups is 2. The van der Waals surface area contributed by atoms with Crippen LogP contribution in [-0.4, -0.2) is 68.4 Å². The van der Waals surface area contributed by atoms with Gasteiger partial charge in [0.1, 0.15) is 18.5 Å². The van der Waals surface area contributed by atoms with Gasteiger partial charge in [0.05, 0.1) is 36.5 Å². The number of halogens is 1. The number of anilines is 1. The first-order chi connectivity index (χ1) is 26.3. The van der Waals surface area contributed by atoms with Crippen molar-refractivity contribution in [3.05, 3.63) is 122 Å². The first kappa shape index (κ1) is 41.9. The zero-order valence-corrected chi connectivity index (χ0v) is 30.5. The lowest BCUT2D eigenvalue weighted by atomic mass is 9.94. The van der Waals surface area contributed by atoms with E-state index >= 15 is 0 Å². The van der Waals surface area contributed by atoms with E-state index in [1.54, 1.807) is 24.3 Å². The van der Waals surface area contributed by atoms with E-state index in [9.17, 15) is 44.4 Å². The highest BCUT2D eigenvalue weighted by Crippen LogP contribution is 2.42. The van der Waals surface area contributed by atoms with Crippen molar-refractivity contribution in [3.63, 3.8) is 0 Å². The number of hydrogen-bond acceptors (Lipinski definition) is 11. The van der Waals surface area contributed by atoms with Gasteiger partial charge >= 0.3 is 5.97 Å². The van der Waals surface area contributed by atoms with Gasteiger partial charge in [0.15, 0.2) is 0 Å². The SMILES string of the molecule is CC(C)c1c(C(=O)Nc2ccccc2)c(-c2ccccc2)c(-c2ccc(F)cc2)n1CC[C@@H](O)C[C@@H](O)CC(=O)OCCCC[C@H](CO[N+](=O)[O-])O[N+](=O)[O-]. The predicted octanol–water partition coefficient (Wildman–Crippen LogP) is 6.73. The summed E-state index contributed by atoms with van der Waals surface area (Å²) in [6.45, 7) is 3.44. The Kier molecular flexibility index (Phi) is 15.6. The molecule has 0 aliphatic rings. The number of benzene rings is 3. The second kappa shape index (κ2) is 20.5. The number of unbranched alkanes of at least 4 members (excludes halogenated alkanes) is 1. The van der Waals surface area contributed by atoms with Crippen LogP contribution in [0, 0.1) is 26.0 Å². The van der Waals surface area contributed by atoms with E-state index in [4.69, 9.17) is 4.74 Å². The lowest BCUT2D eigenvalue weighted by Gasteiger charge is -2.20. The van der Waals surface area contributed by atoms with E-state index in [0.29, 0.717) is 33.8 Å². The summed E-state index contributed by atoms with van der Waals surface area (Å²) in [6, 6.07) is 24.5. The molecular weight excluding hydrogens is 719 g/mol. The molecule has 3 N–H and O–H groups in total. The molecule has 1 aromatic heterocycles. The van der Waals surface area contributed by atoms with Gasteiger partial charge in [-0.1, -0.05) is 62.4 Å². The van der Waals surface area contributed by atoms with E-state index < -0.39 is 53.3 Å². The molecule has 4 rings (SSSR count). The molecule has 4 aromatic rings. The topological polar surface area (TPSA) is 206 Å². The number of nitrogens with one attached hydrogen (secondary N) is 1. The first-order valence-corrected chi connectivity index (χ1v) is 17.9. The Morgan fingerprint density at radius 1 is 0.855 bits per heavy atom. The highest BCUT2D eigenvalue weighted by Gasteiger charge is 2.31. The lowest BCUT2D eigenvalue weighted by Crippen LogP contribution is -2.25. The zero-order chi connectivity index (χ0) is 39.9. The molecule has 0 saturated heterocycles. The van der Waals surface area contributed by atoms with E-state index in [2.05, 4.69) is 15.0 Å². The molecule has 16 heteroatoms. The molecule has 0 aliphatic carbocycles. The fraction of sp³-hybridized carbons (Fsp3) is 0.385. The maximum atomic E-state index is 14.2. The number of hydrogen-bond donors (Lipinski definition) is 3. The van der Waals surface area contributed by atoms with E-state index in [1.807, 2.05) is 66.9 Å². The molecule has 0 bridgehead atoms. The molecular formula is C39H45FN4O11. The van der Waals surface area contributed by atoms with Gasteiger partial charge in [-0.3, -0.25) is 9.59 Å². The van der Waals surface area contributed by atoms with Crippen LogP contribution in [0.4, 0.5) is 10.1 Å². The van der Waals surface area contributed by atoms with Crippen LogP contribution < -0.4 is 5.32 Å². The molecule has 55 heavy (non-hydrogen) atoms. The Morgan fingerprint density at radius 2 is 1.51 bits per heavy atom. The molecule has 0 unspecified atom stereocenters. The first-order valence-electron chi connectivity index (χ1n) is 17.9. The van der Waals surface area contributed by atoms with Crippen molar-refractivity contribution in [2.24, 2.45) is 0 Å². The third-order valence-electron chi connectivity index (χ3n) is 8.71. The molecule has 1 amide bonds. The number of rotatable bonds is 22. The minimum atomic E-state index is -1.24. The van der Waals surface area contributed by atoms with E-state index in [-0.39, 0.29) is 57.1 Å². The molecule has 0 radical (unpaired) electrons. The van der Waals surface area contributed by atoms with Crippen LogP contribution >= 0.6 is 0 Å². The summed E-state index contributed by atoms with van der Waals surface area (Å²) >= 11 is 0. The molecule has 0 spiro atoms. The summed E-state index contributed by atoms with van der Waals surface area (Å²) < 4.78 is 21.3. The van der Waals surface area contributed by atoms with Crippen molar-refractivity contribution in [3.8, 4) is 22.4 Å². The zero-order valence-electron chi connectivity index (χ0n) is 30.5. The van der Waals surface area contributed by atoms with Crippen molar-refractivity contribution in [1.29, 1.82) is 0 Å². The van der Waals surface area contributed by atoms with Crippen molar-refractivity contribution in [2.75, 3.05) is 18.5 Å². The van der Waals surface area contributed by atoms with Crippen LogP contribution in [0.3, 0.4) is 0 Å². The van der Waals surface area contributed by atoms with Gasteiger partial charge in [-0.2, -0.15) is 0 Å². The van der Waals surface area contributed by atoms with E-state index in [0.717, 1.165) is 5.56 Å². The van der Waals surface area contributed by atoms with Crippen molar-refractivity contribution < 1.29 is 48.8 Å². The Labute approximate surface area is 316 Å². The Balaban J connectivity index is 1.48. The minimum absolute atomic E-state index is 0.0377. The van der Waals surface area contributed by atoms with Crippen LogP contribution in [0.2, 0.25) is 0 Å². The Hall–Kier alpha value is -5.87. The second-order valence-corrected chi connectivity index (χ2v) is 13.2. The molecule has 0 aliphatic heterocycles. The van der Waals surface area contributed by atoms with Crippen LogP contribution in [-0.2, 0) is 25.8 Å². The number of para-hydroxylation sites is 1. The Bertz CT molecular complexity index is 1870. The summed E-state index contributed by atoms with van der Waals surface area (Å²) in [4.78, 5) is 56.2. The molecule has 3 atom stereocenters. The van der Waals surface area contributed by atoms with Gasteiger partial charge in [-0.15, -0.1) is 20.2 Å². The van der Waals surface area contributed by atoms with E-state index in [1.165, 1.54) is 12.1 Å². The Morgan fingerprint density at radius 3 is 2.13 bits per heavy atom. The summed E-state index contributed by atoms with van der Waals surface area (Å²) in [5.41, 5.74) is 4.47. The van der Waals surface area contributed by atoms with Gasteiger partial charge < -0.3 is 34.5 Å². The normalized spacial score (nSPS) is 12.8. The smallest absolute Gasteiger partial charge is 0.308 e. The van der Waals surface area contributed by atoms with Crippen molar-refractivity contribution in [1.82, 2.24) is 4.57 Å². The highest BCUT2D eigenvalue weighted by atomic mass is 19.1. The van der Waals surface area contributed by atoms with Gasteiger partial charge in [-0.25, -0.2) is 4.39 Å². The molecule has 15 nitrogen and oxygen atoms in total. The predicted molar refractivity (Wildman–Crippen MR) is 199 cm³/mol. The largest absolute Gasteiger partial charge is 0.466 e. The summed E-state index contributed by atoms with van der Waals surface area (Å²) in [7, 11) is 0. The molecule has 1 heterocycles.